The molecule has 0 radical (unpaired) electrons. The molecule has 0 N–H and O–H groups in total. The molecular weight excluding hydrogens is 334 g/mol. The van der Waals surface area contributed by atoms with Crippen LogP contribution in [0.25, 0.3) is 0 Å². The summed E-state index contributed by atoms with van der Waals surface area (Å²) in [5.41, 5.74) is -1.34. The zero-order valence-corrected chi connectivity index (χ0v) is 16.1. The van der Waals surface area contributed by atoms with Gasteiger partial charge in [0.25, 0.3) is 0 Å². The maximum Gasteiger partial charge on any atom is 0.162 e. The Morgan fingerprint density at radius 1 is 1.15 bits per heavy atom. The van der Waals surface area contributed by atoms with Crippen molar-refractivity contribution in [3.63, 3.8) is 0 Å². The molecule has 2 aromatic rings. The third-order valence-electron chi connectivity index (χ3n) is 5.53. The van der Waals surface area contributed by atoms with Gasteiger partial charge in [0.15, 0.2) is 11.2 Å². The lowest BCUT2D eigenvalue weighted by atomic mass is 9.54. The molecule has 1 saturated heterocycles. The van der Waals surface area contributed by atoms with Crippen molar-refractivity contribution in [2.24, 2.45) is 10.8 Å². The molecule has 3 atom stereocenters. The maximum absolute atomic E-state index is 13.8. The molecule has 1 fully saturated rings. The van der Waals surface area contributed by atoms with Crippen molar-refractivity contribution in [2.45, 2.75) is 32.3 Å². The molecule has 0 aromatic heterocycles. The van der Waals surface area contributed by atoms with Crippen molar-refractivity contribution in [1.29, 1.82) is 5.26 Å². The van der Waals surface area contributed by atoms with Gasteiger partial charge in [-0.25, -0.2) is 0 Å². The fourth-order valence-electron chi connectivity index (χ4n) is 4.17. The van der Waals surface area contributed by atoms with Gasteiger partial charge in [0.05, 0.1) is 18.1 Å². The topological polar surface area (TPSA) is 50.1 Å². The van der Waals surface area contributed by atoms with Crippen LogP contribution in [0.4, 0.5) is 0 Å². The van der Waals surface area contributed by atoms with Crippen molar-refractivity contribution >= 4 is 5.78 Å². The Bertz CT molecular complexity index is 876. The predicted molar refractivity (Wildman–Crippen MR) is 106 cm³/mol. The number of Topliss-reactive ketones (excluding diaryl/α,β-unsaturated/α-hetero) is 1. The second-order valence-electron chi connectivity index (χ2n) is 8.14. The molecule has 0 aliphatic carbocycles. The van der Waals surface area contributed by atoms with E-state index in [1.807, 2.05) is 81.4 Å². The summed E-state index contributed by atoms with van der Waals surface area (Å²) in [5.74, 6) is -0.132. The molecule has 1 aliphatic heterocycles. The van der Waals surface area contributed by atoms with Crippen molar-refractivity contribution in [2.75, 3.05) is 6.61 Å². The number of carbonyl (C=O) groups is 1. The number of ketones is 1. The molecule has 138 valence electrons. The van der Waals surface area contributed by atoms with E-state index in [-0.39, 0.29) is 12.4 Å². The van der Waals surface area contributed by atoms with Crippen LogP contribution in [0.3, 0.4) is 0 Å². The third-order valence-corrected chi connectivity index (χ3v) is 5.53. The fourth-order valence-corrected chi connectivity index (χ4v) is 4.17. The van der Waals surface area contributed by atoms with E-state index in [4.69, 9.17) is 4.74 Å². The number of hydrogen-bond acceptors (Lipinski definition) is 3. The molecule has 3 rings (SSSR count). The van der Waals surface area contributed by atoms with Crippen LogP contribution >= 0.6 is 0 Å². The summed E-state index contributed by atoms with van der Waals surface area (Å²) in [4.78, 5) is 13.8. The number of nitriles is 1. The van der Waals surface area contributed by atoms with E-state index in [2.05, 4.69) is 12.6 Å². The average Bonchev–Trinajstić information content (AvgIpc) is 3.04. The van der Waals surface area contributed by atoms with Crippen molar-refractivity contribution in [1.82, 2.24) is 0 Å². The van der Waals surface area contributed by atoms with E-state index >= 15 is 0 Å². The third kappa shape index (κ3) is 2.72. The zero-order valence-electron chi connectivity index (χ0n) is 16.1. The first-order valence-corrected chi connectivity index (χ1v) is 9.15. The van der Waals surface area contributed by atoms with Gasteiger partial charge in [-0.2, -0.15) is 5.26 Å². The van der Waals surface area contributed by atoms with Gasteiger partial charge < -0.3 is 4.74 Å². The minimum Gasteiger partial charge on any atom is -0.370 e. The maximum atomic E-state index is 13.8. The highest BCUT2D eigenvalue weighted by Gasteiger charge is 2.67. The predicted octanol–water partition coefficient (Wildman–Crippen LogP) is 5.01. The minimum atomic E-state index is -1.41. The van der Waals surface area contributed by atoms with Crippen LogP contribution in [0.1, 0.15) is 38.0 Å². The summed E-state index contributed by atoms with van der Waals surface area (Å²) in [6.07, 6.45) is 1.08. The fraction of sp³-hybridized carbons (Fsp3) is 0.333. The average molecular weight is 359 g/mol. The van der Waals surface area contributed by atoms with Crippen molar-refractivity contribution in [3.05, 3.63) is 84.4 Å². The number of hydrogen-bond donors (Lipinski definition) is 0. The molecule has 0 unspecified atom stereocenters. The first-order chi connectivity index (χ1) is 12.8. The SMILES string of the molecule is C=C[C@@]1(c2ccccc2)CO[C@H](c2ccccc2)[C@@]1(C#N)C(=O)C(C)(C)C. The molecule has 0 spiro atoms. The number of carbonyl (C=O) groups excluding carboxylic acids is 1. The van der Waals surface area contributed by atoms with E-state index in [0.29, 0.717) is 0 Å². The summed E-state index contributed by atoms with van der Waals surface area (Å²) in [7, 11) is 0. The zero-order chi connectivity index (χ0) is 19.7. The summed E-state index contributed by atoms with van der Waals surface area (Å²) in [5, 5.41) is 10.5. The van der Waals surface area contributed by atoms with E-state index in [0.717, 1.165) is 11.1 Å². The summed E-state index contributed by atoms with van der Waals surface area (Å²) in [6, 6.07) is 21.6. The van der Waals surface area contributed by atoms with Gasteiger partial charge in [0.2, 0.25) is 0 Å². The van der Waals surface area contributed by atoms with Crippen LogP contribution in [-0.2, 0) is 14.9 Å². The number of nitrogens with zero attached hydrogens (tertiary/aromatic N) is 1. The highest BCUT2D eigenvalue weighted by molar-refractivity contribution is 5.95. The van der Waals surface area contributed by atoms with E-state index in [9.17, 15) is 10.1 Å². The summed E-state index contributed by atoms with van der Waals surface area (Å²) >= 11 is 0. The molecule has 0 bridgehead atoms. The molecular formula is C24H25NO2. The Morgan fingerprint density at radius 3 is 2.19 bits per heavy atom. The lowest BCUT2D eigenvalue weighted by Crippen LogP contribution is -2.53. The van der Waals surface area contributed by atoms with Crippen LogP contribution < -0.4 is 0 Å². The number of rotatable bonds is 4. The molecule has 1 aliphatic rings. The highest BCUT2D eigenvalue weighted by Crippen LogP contribution is 2.60. The van der Waals surface area contributed by atoms with Crippen molar-refractivity contribution < 1.29 is 9.53 Å². The van der Waals surface area contributed by atoms with Crippen LogP contribution in [0.2, 0.25) is 0 Å². The Labute approximate surface area is 161 Å². The van der Waals surface area contributed by atoms with Crippen LogP contribution in [0.5, 0.6) is 0 Å². The molecule has 1 heterocycles. The molecule has 0 amide bonds. The molecule has 3 heteroatoms. The van der Waals surface area contributed by atoms with Gasteiger partial charge in [0.1, 0.15) is 6.10 Å². The number of ether oxygens (including phenoxy) is 1. The Morgan fingerprint density at radius 2 is 1.70 bits per heavy atom. The van der Waals surface area contributed by atoms with Crippen LogP contribution in [0.15, 0.2) is 73.3 Å². The number of benzene rings is 2. The van der Waals surface area contributed by atoms with Gasteiger partial charge in [-0.15, -0.1) is 6.58 Å². The van der Waals surface area contributed by atoms with Gasteiger partial charge in [-0.3, -0.25) is 4.79 Å². The highest BCUT2D eigenvalue weighted by atomic mass is 16.5. The lowest BCUT2D eigenvalue weighted by Gasteiger charge is -2.42. The van der Waals surface area contributed by atoms with Crippen molar-refractivity contribution in [3.8, 4) is 6.07 Å². The standard InChI is InChI=1S/C24H25NO2/c1-5-23(19-14-10-7-11-15-19)17-27-20(18-12-8-6-9-13-18)24(23,16-25)21(26)22(2,3)4/h5-15,20H,1,17H2,2-4H3/t20-,23+,24+/m1/s1. The summed E-state index contributed by atoms with van der Waals surface area (Å²) < 4.78 is 6.21. The summed E-state index contributed by atoms with van der Waals surface area (Å²) in [6.45, 7) is 9.84. The second kappa shape index (κ2) is 6.79. The Hall–Kier alpha value is -2.70. The lowest BCUT2D eigenvalue weighted by molar-refractivity contribution is -0.138. The molecule has 2 aromatic carbocycles. The Balaban J connectivity index is 2.33. The van der Waals surface area contributed by atoms with Gasteiger partial charge in [-0.05, 0) is 11.1 Å². The van der Waals surface area contributed by atoms with Crippen LogP contribution in [0, 0.1) is 22.2 Å². The van der Waals surface area contributed by atoms with Gasteiger partial charge >= 0.3 is 0 Å². The van der Waals surface area contributed by atoms with E-state index < -0.39 is 22.3 Å². The van der Waals surface area contributed by atoms with E-state index in [1.165, 1.54) is 0 Å². The van der Waals surface area contributed by atoms with E-state index in [1.54, 1.807) is 6.08 Å². The molecule has 3 nitrogen and oxygen atoms in total. The quantitative estimate of drug-likeness (QED) is 0.721. The van der Waals surface area contributed by atoms with Gasteiger partial charge in [0, 0.05) is 5.41 Å². The minimum absolute atomic E-state index is 0.132. The Kier molecular flexibility index (Phi) is 4.80. The normalized spacial score (nSPS) is 27.7. The van der Waals surface area contributed by atoms with Crippen LogP contribution in [-0.4, -0.2) is 12.4 Å². The molecule has 0 saturated carbocycles. The largest absolute Gasteiger partial charge is 0.370 e. The second-order valence-corrected chi connectivity index (χ2v) is 8.14. The van der Waals surface area contributed by atoms with Gasteiger partial charge in [-0.1, -0.05) is 87.5 Å². The monoisotopic (exact) mass is 359 g/mol. The molecule has 27 heavy (non-hydrogen) atoms. The first-order valence-electron chi connectivity index (χ1n) is 9.15. The first kappa shape index (κ1) is 19.1. The smallest absolute Gasteiger partial charge is 0.162 e.